The number of aromatic nitrogens is 3. The van der Waals surface area contributed by atoms with Crippen molar-refractivity contribution in [3.05, 3.63) is 30.6 Å². The first-order valence-electron chi connectivity index (χ1n) is 4.36. The summed E-state index contributed by atoms with van der Waals surface area (Å²) in [4.78, 5) is 12.8. The third-order valence-corrected chi connectivity index (χ3v) is 4.75. The van der Waals surface area contributed by atoms with Crippen molar-refractivity contribution in [3.63, 3.8) is 0 Å². The van der Waals surface area contributed by atoms with E-state index < -0.39 is 0 Å². The number of rotatable bonds is 2. The molecule has 0 saturated heterocycles. The van der Waals surface area contributed by atoms with E-state index in [2.05, 4.69) is 42.2 Å². The third kappa shape index (κ3) is 1.99. The van der Waals surface area contributed by atoms with Crippen molar-refractivity contribution < 1.29 is 4.79 Å². The molecule has 0 unspecified atom stereocenters. The highest BCUT2D eigenvalue weighted by Gasteiger charge is 2.20. The summed E-state index contributed by atoms with van der Waals surface area (Å²) in [6.45, 7) is 1.95. The minimum atomic E-state index is -0.0711. The summed E-state index contributed by atoms with van der Waals surface area (Å²) in [7, 11) is 1.69. The minimum Gasteiger partial charge on any atom is -0.286 e. The van der Waals surface area contributed by atoms with Gasteiger partial charge in [0.1, 0.15) is 5.69 Å². The second kappa shape index (κ2) is 4.38. The normalized spacial score (nSPS) is 10.8. The molecule has 0 N–H and O–H groups in total. The van der Waals surface area contributed by atoms with Crippen LogP contribution in [0.5, 0.6) is 0 Å². The van der Waals surface area contributed by atoms with Crippen LogP contribution in [0.25, 0.3) is 0 Å². The van der Waals surface area contributed by atoms with Crippen LogP contribution in [0.4, 0.5) is 0 Å². The Labute approximate surface area is 113 Å². The van der Waals surface area contributed by atoms with Gasteiger partial charge in [-0.2, -0.15) is 0 Å². The van der Waals surface area contributed by atoms with Gasteiger partial charge < -0.3 is 0 Å². The van der Waals surface area contributed by atoms with Crippen LogP contribution < -0.4 is 0 Å². The highest BCUT2D eigenvalue weighted by Crippen LogP contribution is 2.29. The van der Waals surface area contributed by atoms with E-state index in [9.17, 15) is 4.79 Å². The lowest BCUT2D eigenvalue weighted by molar-refractivity contribution is 0.103. The van der Waals surface area contributed by atoms with E-state index >= 15 is 0 Å². The van der Waals surface area contributed by atoms with Crippen molar-refractivity contribution in [3.8, 4) is 0 Å². The molecule has 0 bridgehead atoms. The SMILES string of the molecule is Cc1cc(C(=O)c2c(Br)nnn2C)sc1Br. The Balaban J connectivity index is 2.47. The van der Waals surface area contributed by atoms with Gasteiger partial charge in [0.2, 0.25) is 5.78 Å². The van der Waals surface area contributed by atoms with Crippen molar-refractivity contribution in [1.82, 2.24) is 15.0 Å². The van der Waals surface area contributed by atoms with Crippen molar-refractivity contribution >= 4 is 49.0 Å². The van der Waals surface area contributed by atoms with E-state index in [1.54, 1.807) is 7.05 Å². The lowest BCUT2D eigenvalue weighted by Crippen LogP contribution is -2.07. The number of hydrogen-bond acceptors (Lipinski definition) is 4. The van der Waals surface area contributed by atoms with Gasteiger partial charge >= 0.3 is 0 Å². The van der Waals surface area contributed by atoms with E-state index in [0.29, 0.717) is 15.2 Å². The maximum atomic E-state index is 12.2. The molecule has 0 amide bonds. The molecule has 2 aromatic rings. The molecule has 16 heavy (non-hydrogen) atoms. The van der Waals surface area contributed by atoms with Crippen molar-refractivity contribution in [2.45, 2.75) is 6.92 Å². The number of carbonyl (C=O) groups is 1. The summed E-state index contributed by atoms with van der Waals surface area (Å²) >= 11 is 8.03. The molecule has 0 radical (unpaired) electrons. The molecule has 4 nitrogen and oxygen atoms in total. The van der Waals surface area contributed by atoms with Gasteiger partial charge in [0.15, 0.2) is 4.60 Å². The first-order valence-corrected chi connectivity index (χ1v) is 6.76. The maximum absolute atomic E-state index is 12.2. The molecule has 0 spiro atoms. The number of hydrogen-bond donors (Lipinski definition) is 0. The summed E-state index contributed by atoms with van der Waals surface area (Å²) in [5, 5.41) is 7.58. The average Bonchev–Trinajstić information content (AvgIpc) is 2.72. The molecule has 2 aromatic heterocycles. The van der Waals surface area contributed by atoms with Gasteiger partial charge in [0.25, 0.3) is 0 Å². The zero-order valence-corrected chi connectivity index (χ0v) is 12.5. The summed E-state index contributed by atoms with van der Waals surface area (Å²) in [5.41, 5.74) is 1.52. The molecular formula is C9H7Br2N3OS. The molecule has 0 atom stereocenters. The van der Waals surface area contributed by atoms with Crippen LogP contribution in [0, 0.1) is 6.92 Å². The lowest BCUT2D eigenvalue weighted by Gasteiger charge is -1.97. The first-order chi connectivity index (χ1) is 7.50. The van der Waals surface area contributed by atoms with E-state index in [1.165, 1.54) is 16.0 Å². The molecule has 2 heterocycles. The first kappa shape index (κ1) is 11.9. The van der Waals surface area contributed by atoms with Gasteiger partial charge in [-0.05, 0) is 50.4 Å². The lowest BCUT2D eigenvalue weighted by atomic mass is 10.2. The molecule has 0 saturated carbocycles. The van der Waals surface area contributed by atoms with Gasteiger partial charge in [-0.1, -0.05) is 5.21 Å². The fourth-order valence-corrected chi connectivity index (χ4v) is 3.24. The van der Waals surface area contributed by atoms with Crippen molar-refractivity contribution in [1.29, 1.82) is 0 Å². The largest absolute Gasteiger partial charge is 0.286 e. The van der Waals surface area contributed by atoms with Gasteiger partial charge in [0.05, 0.1) is 8.66 Å². The number of nitrogens with zero attached hydrogens (tertiary/aromatic N) is 3. The van der Waals surface area contributed by atoms with Gasteiger partial charge in [-0.25, -0.2) is 4.68 Å². The molecule has 0 fully saturated rings. The number of halogens is 2. The molecule has 7 heteroatoms. The van der Waals surface area contributed by atoms with Gasteiger partial charge in [-0.15, -0.1) is 16.4 Å². The highest BCUT2D eigenvalue weighted by molar-refractivity contribution is 9.11. The Kier molecular flexibility index (Phi) is 3.27. The quantitative estimate of drug-likeness (QED) is 0.769. The van der Waals surface area contributed by atoms with Crippen LogP contribution in [0.3, 0.4) is 0 Å². The zero-order chi connectivity index (χ0) is 11.9. The number of thiophene rings is 1. The van der Waals surface area contributed by atoms with Crippen LogP contribution in [0.2, 0.25) is 0 Å². The Hall–Kier alpha value is -0.530. The molecule has 0 aliphatic carbocycles. The Morgan fingerprint density at radius 3 is 2.62 bits per heavy atom. The number of ketones is 1. The Morgan fingerprint density at radius 1 is 1.50 bits per heavy atom. The predicted molar refractivity (Wildman–Crippen MR) is 68.9 cm³/mol. The molecule has 0 aliphatic heterocycles. The van der Waals surface area contributed by atoms with E-state index in [-0.39, 0.29) is 5.78 Å². The van der Waals surface area contributed by atoms with E-state index in [0.717, 1.165) is 9.35 Å². The van der Waals surface area contributed by atoms with Crippen LogP contribution in [-0.4, -0.2) is 20.8 Å². The van der Waals surface area contributed by atoms with Crippen molar-refractivity contribution in [2.75, 3.05) is 0 Å². The number of carbonyl (C=O) groups excluding carboxylic acids is 1. The Morgan fingerprint density at radius 2 is 2.19 bits per heavy atom. The van der Waals surface area contributed by atoms with Crippen LogP contribution in [0.1, 0.15) is 20.9 Å². The number of aryl methyl sites for hydroxylation is 2. The van der Waals surface area contributed by atoms with Crippen LogP contribution in [0.15, 0.2) is 14.5 Å². The van der Waals surface area contributed by atoms with Crippen LogP contribution >= 0.6 is 43.2 Å². The molecule has 0 aromatic carbocycles. The fraction of sp³-hybridized carbons (Fsp3) is 0.222. The summed E-state index contributed by atoms with van der Waals surface area (Å²) in [6, 6.07) is 1.86. The smallest absolute Gasteiger partial charge is 0.223 e. The second-order valence-electron chi connectivity index (χ2n) is 3.25. The summed E-state index contributed by atoms with van der Waals surface area (Å²) in [5.74, 6) is -0.0711. The molecule has 0 aliphatic rings. The monoisotopic (exact) mass is 363 g/mol. The summed E-state index contributed by atoms with van der Waals surface area (Å²) in [6.07, 6.45) is 0. The fourth-order valence-electron chi connectivity index (χ4n) is 1.26. The standard InChI is InChI=1S/C9H7Br2N3OS/c1-4-3-5(16-9(4)11)7(15)6-8(10)12-13-14(6)2/h3H,1-2H3. The van der Waals surface area contributed by atoms with E-state index in [4.69, 9.17) is 0 Å². The second-order valence-corrected chi connectivity index (χ2v) is 6.37. The van der Waals surface area contributed by atoms with Gasteiger partial charge in [-0.3, -0.25) is 4.79 Å². The maximum Gasteiger partial charge on any atom is 0.223 e. The third-order valence-electron chi connectivity index (χ3n) is 2.08. The van der Waals surface area contributed by atoms with Crippen LogP contribution in [-0.2, 0) is 7.05 Å². The average molecular weight is 365 g/mol. The van der Waals surface area contributed by atoms with E-state index in [1.807, 2.05) is 13.0 Å². The zero-order valence-electron chi connectivity index (χ0n) is 8.49. The minimum absolute atomic E-state index is 0.0711. The molecule has 84 valence electrons. The summed E-state index contributed by atoms with van der Waals surface area (Å²) < 4.78 is 2.92. The predicted octanol–water partition coefficient (Wildman–Crippen LogP) is 2.94. The molecule has 2 rings (SSSR count). The Bertz CT molecular complexity index is 522. The highest BCUT2D eigenvalue weighted by atomic mass is 79.9. The molecular weight excluding hydrogens is 358 g/mol. The van der Waals surface area contributed by atoms with Crippen molar-refractivity contribution in [2.24, 2.45) is 7.05 Å². The topological polar surface area (TPSA) is 47.8 Å². The van der Waals surface area contributed by atoms with Gasteiger partial charge in [0, 0.05) is 7.05 Å².